The number of carbonyl (C=O) groups excluding carboxylic acids is 2. The average molecular weight is 537 g/mol. The maximum Gasteiger partial charge on any atom is 0.152 e. The van der Waals surface area contributed by atoms with Gasteiger partial charge in [-0.2, -0.15) is 0 Å². The van der Waals surface area contributed by atoms with Crippen molar-refractivity contribution in [3.05, 3.63) is 123 Å². The number of benzene rings is 2. The van der Waals surface area contributed by atoms with Crippen molar-refractivity contribution < 1.29 is 14.0 Å². The molecule has 6 nitrogen and oxygen atoms in total. The van der Waals surface area contributed by atoms with Crippen molar-refractivity contribution >= 4 is 41.5 Å². The smallest absolute Gasteiger partial charge is 0.152 e. The summed E-state index contributed by atoms with van der Waals surface area (Å²) in [5.41, 5.74) is 6.38. The Hall–Kier alpha value is -3.65. The molecule has 0 aliphatic carbocycles. The van der Waals surface area contributed by atoms with Crippen molar-refractivity contribution in [2.24, 2.45) is 0 Å². The third-order valence-electron chi connectivity index (χ3n) is 5.83. The maximum absolute atomic E-state index is 12.5. The van der Waals surface area contributed by atoms with Crippen molar-refractivity contribution in [2.75, 3.05) is 4.90 Å². The third-order valence-corrected chi connectivity index (χ3v) is 6.30. The predicted octanol–water partition coefficient (Wildman–Crippen LogP) is 6.04. The number of carbonyl (C=O) groups is 2. The zero-order valence-electron chi connectivity index (χ0n) is 19.7. The Balaban J connectivity index is 0.000000142. The highest BCUT2D eigenvalue weighted by Crippen LogP contribution is 2.31. The summed E-state index contributed by atoms with van der Waals surface area (Å²) in [5, 5.41) is 4.16. The molecule has 2 aromatic carbocycles. The van der Waals surface area contributed by atoms with E-state index in [-0.39, 0.29) is 5.56 Å². The number of nitrogens with zero attached hydrogens (tertiary/aromatic N) is 3. The van der Waals surface area contributed by atoms with Crippen LogP contribution in [0.15, 0.2) is 73.1 Å². The standard InChI is InChI=1S/C14H11ClN2O.C7H4ClFO.C7H8N2/c15-12-4-3-11(9-18)14(6-12)17-7-10-2-1-5-16-13(10)8-17;8-6-2-1-5(4-10)7(9)3-6;1-2-6-4-8-5-7(6)9-3-1/h1-6,9H,7-8H2;1-4H;1-3,8H,4-5H2. The molecule has 6 rings (SSSR count). The molecule has 2 aromatic heterocycles. The lowest BCUT2D eigenvalue weighted by molar-refractivity contribution is 0.111. The highest BCUT2D eigenvalue weighted by molar-refractivity contribution is 6.31. The van der Waals surface area contributed by atoms with Gasteiger partial charge in [0.15, 0.2) is 12.6 Å². The molecule has 4 aromatic rings. The van der Waals surface area contributed by atoms with Crippen LogP contribution in [-0.4, -0.2) is 22.5 Å². The van der Waals surface area contributed by atoms with Gasteiger partial charge in [0.2, 0.25) is 0 Å². The van der Waals surface area contributed by atoms with E-state index in [1.165, 1.54) is 29.0 Å². The number of rotatable bonds is 3. The Bertz CT molecular complexity index is 1370. The Labute approximate surface area is 224 Å². The molecule has 0 spiro atoms. The van der Waals surface area contributed by atoms with Crippen LogP contribution in [0.25, 0.3) is 0 Å². The van der Waals surface area contributed by atoms with E-state index < -0.39 is 5.82 Å². The molecule has 0 unspecified atom stereocenters. The summed E-state index contributed by atoms with van der Waals surface area (Å²) >= 11 is 11.4. The van der Waals surface area contributed by atoms with Gasteiger partial charge in [0.1, 0.15) is 5.82 Å². The molecule has 1 N–H and O–H groups in total. The Morgan fingerprint density at radius 3 is 2.08 bits per heavy atom. The molecule has 0 radical (unpaired) electrons. The molecule has 0 fully saturated rings. The normalized spacial score (nSPS) is 12.9. The van der Waals surface area contributed by atoms with Gasteiger partial charge in [0, 0.05) is 53.3 Å². The van der Waals surface area contributed by atoms with Gasteiger partial charge < -0.3 is 10.2 Å². The second kappa shape index (κ2) is 12.5. The van der Waals surface area contributed by atoms with E-state index in [0.29, 0.717) is 21.9 Å². The Morgan fingerprint density at radius 2 is 1.43 bits per heavy atom. The first-order valence-electron chi connectivity index (χ1n) is 11.4. The minimum absolute atomic E-state index is 0.0319. The van der Waals surface area contributed by atoms with Crippen molar-refractivity contribution in [1.29, 1.82) is 0 Å². The molecule has 9 heteroatoms. The number of aldehydes is 2. The molecule has 2 aliphatic heterocycles. The fourth-order valence-electron chi connectivity index (χ4n) is 3.96. The highest BCUT2D eigenvalue weighted by Gasteiger charge is 2.22. The Morgan fingerprint density at radius 1 is 0.784 bits per heavy atom. The van der Waals surface area contributed by atoms with Crippen LogP contribution in [0.1, 0.15) is 43.2 Å². The van der Waals surface area contributed by atoms with Gasteiger partial charge >= 0.3 is 0 Å². The Kier molecular flexibility index (Phi) is 8.95. The van der Waals surface area contributed by atoms with Gasteiger partial charge in [-0.1, -0.05) is 35.3 Å². The molecule has 2 aliphatic rings. The molecule has 4 heterocycles. The number of hydrogen-bond acceptors (Lipinski definition) is 6. The lowest BCUT2D eigenvalue weighted by Crippen LogP contribution is -2.16. The molecular formula is C28H23Cl2FN4O2. The van der Waals surface area contributed by atoms with Crippen molar-refractivity contribution in [2.45, 2.75) is 26.2 Å². The number of nitrogens with one attached hydrogen (secondary N) is 1. The van der Waals surface area contributed by atoms with E-state index in [2.05, 4.69) is 32.3 Å². The fourth-order valence-corrected chi connectivity index (χ4v) is 4.29. The van der Waals surface area contributed by atoms with Crippen LogP contribution >= 0.6 is 23.2 Å². The highest BCUT2D eigenvalue weighted by atomic mass is 35.5. The first-order valence-corrected chi connectivity index (χ1v) is 12.2. The lowest BCUT2D eigenvalue weighted by atomic mass is 10.2. The van der Waals surface area contributed by atoms with Crippen molar-refractivity contribution in [3.63, 3.8) is 0 Å². The van der Waals surface area contributed by atoms with Crippen LogP contribution < -0.4 is 10.2 Å². The fraction of sp³-hybridized carbons (Fsp3) is 0.143. The third kappa shape index (κ3) is 6.77. The number of anilines is 1. The maximum atomic E-state index is 12.5. The van der Waals surface area contributed by atoms with Gasteiger partial charge in [0.25, 0.3) is 0 Å². The summed E-state index contributed by atoms with van der Waals surface area (Å²) in [6, 6.07) is 17.3. The van der Waals surface area contributed by atoms with Crippen LogP contribution in [0, 0.1) is 5.82 Å². The van der Waals surface area contributed by atoms with Gasteiger partial charge in [-0.25, -0.2) is 4.39 Å². The molecule has 0 amide bonds. The van der Waals surface area contributed by atoms with E-state index in [9.17, 15) is 14.0 Å². The van der Waals surface area contributed by atoms with Gasteiger partial charge in [0.05, 0.1) is 23.5 Å². The molecular weight excluding hydrogens is 514 g/mol. The summed E-state index contributed by atoms with van der Waals surface area (Å²) < 4.78 is 12.5. The topological polar surface area (TPSA) is 75.2 Å². The summed E-state index contributed by atoms with van der Waals surface area (Å²) in [6.07, 6.45) is 4.94. The minimum atomic E-state index is -0.581. The van der Waals surface area contributed by atoms with E-state index in [0.717, 1.165) is 49.9 Å². The summed E-state index contributed by atoms with van der Waals surface area (Å²) in [4.78, 5) is 31.8. The van der Waals surface area contributed by atoms with E-state index in [1.807, 2.05) is 24.4 Å². The molecule has 0 atom stereocenters. The molecule has 0 saturated carbocycles. The van der Waals surface area contributed by atoms with Crippen molar-refractivity contribution in [1.82, 2.24) is 15.3 Å². The summed E-state index contributed by atoms with van der Waals surface area (Å²) in [6.45, 7) is 3.42. The second-order valence-corrected chi connectivity index (χ2v) is 9.16. The molecule has 37 heavy (non-hydrogen) atoms. The monoisotopic (exact) mass is 536 g/mol. The number of halogens is 3. The molecule has 0 bridgehead atoms. The average Bonchev–Trinajstić information content (AvgIpc) is 3.57. The van der Waals surface area contributed by atoms with Crippen LogP contribution in [-0.2, 0) is 26.2 Å². The molecule has 0 saturated heterocycles. The quantitative estimate of drug-likeness (QED) is 0.321. The number of aromatic nitrogens is 2. The molecule has 188 valence electrons. The lowest BCUT2D eigenvalue weighted by Gasteiger charge is -2.19. The SMILES string of the molecule is O=Cc1ccc(Cl)cc1F.O=Cc1ccc(Cl)cc1N1Cc2cccnc2C1.c1cnc2c(c1)CNC2. The van der Waals surface area contributed by atoms with Crippen LogP contribution in [0.2, 0.25) is 10.0 Å². The van der Waals surface area contributed by atoms with Crippen LogP contribution in [0.5, 0.6) is 0 Å². The first kappa shape index (κ1) is 26.4. The van der Waals surface area contributed by atoms with Gasteiger partial charge in [-0.15, -0.1) is 0 Å². The zero-order valence-corrected chi connectivity index (χ0v) is 21.2. The van der Waals surface area contributed by atoms with Gasteiger partial charge in [-0.05, 0) is 59.7 Å². The predicted molar refractivity (Wildman–Crippen MR) is 143 cm³/mol. The van der Waals surface area contributed by atoms with E-state index in [4.69, 9.17) is 23.2 Å². The van der Waals surface area contributed by atoms with Crippen LogP contribution in [0.3, 0.4) is 0 Å². The van der Waals surface area contributed by atoms with Crippen molar-refractivity contribution in [3.8, 4) is 0 Å². The minimum Gasteiger partial charge on any atom is -0.361 e. The van der Waals surface area contributed by atoms with E-state index >= 15 is 0 Å². The van der Waals surface area contributed by atoms with E-state index in [1.54, 1.807) is 18.3 Å². The first-order chi connectivity index (χ1) is 18.0. The second-order valence-electron chi connectivity index (χ2n) is 8.28. The van der Waals surface area contributed by atoms with Gasteiger partial charge in [-0.3, -0.25) is 19.6 Å². The summed E-state index contributed by atoms with van der Waals surface area (Å²) in [5.74, 6) is -0.581. The number of hydrogen-bond donors (Lipinski definition) is 1. The number of fused-ring (bicyclic) bond motifs is 2. The summed E-state index contributed by atoms with van der Waals surface area (Å²) in [7, 11) is 0. The largest absolute Gasteiger partial charge is 0.361 e. The number of pyridine rings is 2. The zero-order chi connectivity index (χ0) is 26.2. The van der Waals surface area contributed by atoms with Crippen LogP contribution in [0.4, 0.5) is 10.1 Å².